The first-order chi connectivity index (χ1) is 11.5. The summed E-state index contributed by atoms with van der Waals surface area (Å²) in [5.41, 5.74) is 0.749. The maximum Gasteiger partial charge on any atom is 0.178 e. The molecule has 5 nitrogen and oxygen atoms in total. The average Bonchev–Trinajstić information content (AvgIpc) is 2.60. The van der Waals surface area contributed by atoms with Gasteiger partial charge < -0.3 is 19.7 Å². The molecular formula is C19H20O5. The van der Waals surface area contributed by atoms with Crippen LogP contribution in [0.1, 0.15) is 12.0 Å². The van der Waals surface area contributed by atoms with Crippen molar-refractivity contribution in [2.24, 2.45) is 5.92 Å². The number of phenolic OH excluding ortho intramolecular Hbond substituents is 1. The molecule has 1 aliphatic rings. The maximum atomic E-state index is 11.9. The van der Waals surface area contributed by atoms with E-state index in [4.69, 9.17) is 9.47 Å². The SMILES string of the molecule is COC1=CC(/C=C/C(=O)/C=C/c2ccc(O)c(OC)c2)CC=C1O. The van der Waals surface area contributed by atoms with Gasteiger partial charge in [0.25, 0.3) is 0 Å². The molecule has 0 fully saturated rings. The Morgan fingerprint density at radius 3 is 2.71 bits per heavy atom. The summed E-state index contributed by atoms with van der Waals surface area (Å²) in [6.45, 7) is 0. The van der Waals surface area contributed by atoms with Gasteiger partial charge in [-0.2, -0.15) is 0 Å². The van der Waals surface area contributed by atoms with Crippen molar-refractivity contribution in [2.75, 3.05) is 14.2 Å². The Morgan fingerprint density at radius 2 is 2.00 bits per heavy atom. The molecule has 0 saturated carbocycles. The van der Waals surface area contributed by atoms with Gasteiger partial charge >= 0.3 is 0 Å². The number of phenols is 1. The predicted octanol–water partition coefficient (Wildman–Crippen LogP) is 3.53. The van der Waals surface area contributed by atoms with Crippen molar-refractivity contribution >= 4 is 11.9 Å². The van der Waals surface area contributed by atoms with Crippen LogP contribution in [0.5, 0.6) is 11.5 Å². The highest BCUT2D eigenvalue weighted by molar-refractivity contribution is 6.02. The molecule has 2 N–H and O–H groups in total. The quantitative estimate of drug-likeness (QED) is 0.781. The number of hydrogen-bond acceptors (Lipinski definition) is 5. The Labute approximate surface area is 140 Å². The van der Waals surface area contributed by atoms with Crippen molar-refractivity contribution in [3.63, 3.8) is 0 Å². The first-order valence-electron chi connectivity index (χ1n) is 7.46. The molecule has 0 saturated heterocycles. The van der Waals surface area contributed by atoms with E-state index in [0.29, 0.717) is 17.9 Å². The van der Waals surface area contributed by atoms with E-state index in [1.54, 1.807) is 36.4 Å². The Balaban J connectivity index is 1.99. The lowest BCUT2D eigenvalue weighted by atomic mass is 9.98. The number of aromatic hydroxyl groups is 1. The van der Waals surface area contributed by atoms with Crippen LogP contribution in [-0.4, -0.2) is 30.2 Å². The molecule has 2 rings (SSSR count). The summed E-state index contributed by atoms with van der Waals surface area (Å²) in [6, 6.07) is 4.84. The van der Waals surface area contributed by atoms with Gasteiger partial charge in [0, 0.05) is 5.92 Å². The lowest BCUT2D eigenvalue weighted by Crippen LogP contribution is -2.04. The zero-order valence-corrected chi connectivity index (χ0v) is 13.6. The van der Waals surface area contributed by atoms with Crippen LogP contribution in [0.3, 0.4) is 0 Å². The van der Waals surface area contributed by atoms with Crippen molar-refractivity contribution in [2.45, 2.75) is 6.42 Å². The largest absolute Gasteiger partial charge is 0.504 e. The summed E-state index contributed by atoms with van der Waals surface area (Å²) >= 11 is 0. The minimum Gasteiger partial charge on any atom is -0.504 e. The van der Waals surface area contributed by atoms with Crippen molar-refractivity contribution in [1.82, 2.24) is 0 Å². The van der Waals surface area contributed by atoms with Gasteiger partial charge in [-0.15, -0.1) is 0 Å². The number of allylic oxidation sites excluding steroid dienone is 5. The topological polar surface area (TPSA) is 76.0 Å². The van der Waals surface area contributed by atoms with Crippen LogP contribution in [0.15, 0.2) is 60.1 Å². The van der Waals surface area contributed by atoms with Crippen molar-refractivity contribution in [3.05, 3.63) is 65.7 Å². The lowest BCUT2D eigenvalue weighted by Gasteiger charge is -2.14. The zero-order chi connectivity index (χ0) is 17.5. The van der Waals surface area contributed by atoms with Gasteiger partial charge in [0.1, 0.15) is 0 Å². The summed E-state index contributed by atoms with van der Waals surface area (Å²) in [5.74, 6) is 0.779. The van der Waals surface area contributed by atoms with E-state index in [2.05, 4.69) is 0 Å². The molecular weight excluding hydrogens is 308 g/mol. The monoisotopic (exact) mass is 328 g/mol. The summed E-state index contributed by atoms with van der Waals surface area (Å²) in [6.07, 6.45) is 10.4. The molecule has 0 bridgehead atoms. The average molecular weight is 328 g/mol. The summed E-state index contributed by atoms with van der Waals surface area (Å²) in [7, 11) is 2.95. The second-order valence-corrected chi connectivity index (χ2v) is 5.25. The van der Waals surface area contributed by atoms with Gasteiger partial charge in [0.2, 0.25) is 0 Å². The van der Waals surface area contributed by atoms with Crippen molar-refractivity contribution in [1.29, 1.82) is 0 Å². The van der Waals surface area contributed by atoms with Crippen LogP contribution in [0.2, 0.25) is 0 Å². The first kappa shape index (κ1) is 17.4. The van der Waals surface area contributed by atoms with Crippen molar-refractivity contribution < 1.29 is 24.5 Å². The zero-order valence-electron chi connectivity index (χ0n) is 13.6. The summed E-state index contributed by atoms with van der Waals surface area (Å²) in [5, 5.41) is 19.1. The third kappa shape index (κ3) is 4.52. The molecule has 1 aromatic rings. The standard InChI is InChI=1S/C19H20O5/c1-23-18-11-13(5-9-16(18)21)3-7-15(20)8-4-14-6-10-17(22)19(12-14)24-2/h3-5,7-12,14,21-22H,6H2,1-2H3/b7-3+,8-4+. The molecule has 1 unspecified atom stereocenters. The van der Waals surface area contributed by atoms with Gasteiger partial charge in [0.05, 0.1) is 14.2 Å². The highest BCUT2D eigenvalue weighted by atomic mass is 16.5. The van der Waals surface area contributed by atoms with Crippen molar-refractivity contribution in [3.8, 4) is 11.5 Å². The fraction of sp³-hybridized carbons (Fsp3) is 0.211. The molecule has 24 heavy (non-hydrogen) atoms. The van der Waals surface area contributed by atoms with E-state index in [-0.39, 0.29) is 23.2 Å². The Morgan fingerprint density at radius 1 is 1.21 bits per heavy atom. The van der Waals surface area contributed by atoms with Crippen LogP contribution in [0, 0.1) is 5.92 Å². The second-order valence-electron chi connectivity index (χ2n) is 5.25. The Kier molecular flexibility index (Phi) is 5.84. The smallest absolute Gasteiger partial charge is 0.178 e. The Bertz CT molecular complexity index is 725. The van der Waals surface area contributed by atoms with Crippen LogP contribution >= 0.6 is 0 Å². The number of ketones is 1. The number of rotatable bonds is 6. The van der Waals surface area contributed by atoms with Gasteiger partial charge in [-0.05, 0) is 48.4 Å². The second kappa shape index (κ2) is 8.06. The van der Waals surface area contributed by atoms with Crippen LogP contribution in [0.25, 0.3) is 6.08 Å². The third-order valence-corrected chi connectivity index (χ3v) is 3.57. The molecule has 5 heteroatoms. The molecule has 0 aromatic heterocycles. The first-order valence-corrected chi connectivity index (χ1v) is 7.46. The normalized spacial score (nSPS) is 17.7. The van der Waals surface area contributed by atoms with E-state index in [9.17, 15) is 15.0 Å². The van der Waals surface area contributed by atoms with E-state index in [1.807, 2.05) is 0 Å². The number of ether oxygens (including phenoxy) is 2. The number of methoxy groups -OCH3 is 2. The van der Waals surface area contributed by atoms with E-state index < -0.39 is 0 Å². The minimum atomic E-state index is -0.159. The van der Waals surface area contributed by atoms with E-state index in [0.717, 1.165) is 5.56 Å². The maximum absolute atomic E-state index is 11.9. The number of carbonyl (C=O) groups excluding carboxylic acids is 1. The fourth-order valence-corrected chi connectivity index (χ4v) is 2.25. The van der Waals surface area contributed by atoms with Gasteiger partial charge in [-0.3, -0.25) is 4.79 Å². The fourth-order valence-electron chi connectivity index (χ4n) is 2.25. The van der Waals surface area contributed by atoms with Crippen LogP contribution < -0.4 is 4.74 Å². The number of aliphatic hydroxyl groups excluding tert-OH is 1. The van der Waals surface area contributed by atoms with Crippen LogP contribution in [-0.2, 0) is 9.53 Å². The van der Waals surface area contributed by atoms with E-state index >= 15 is 0 Å². The summed E-state index contributed by atoms with van der Waals surface area (Å²) < 4.78 is 10.1. The molecule has 0 radical (unpaired) electrons. The lowest BCUT2D eigenvalue weighted by molar-refractivity contribution is -0.110. The molecule has 0 heterocycles. The highest BCUT2D eigenvalue weighted by Gasteiger charge is 2.13. The van der Waals surface area contributed by atoms with Crippen LogP contribution in [0.4, 0.5) is 0 Å². The molecule has 126 valence electrons. The molecule has 1 aliphatic carbocycles. The molecule has 0 aliphatic heterocycles. The third-order valence-electron chi connectivity index (χ3n) is 3.57. The summed E-state index contributed by atoms with van der Waals surface area (Å²) in [4.78, 5) is 11.9. The number of aliphatic hydroxyl groups is 1. The molecule has 1 aromatic carbocycles. The number of carbonyl (C=O) groups is 1. The molecule has 1 atom stereocenters. The Hall–Kier alpha value is -2.95. The number of hydrogen-bond donors (Lipinski definition) is 2. The highest BCUT2D eigenvalue weighted by Crippen LogP contribution is 2.26. The van der Waals surface area contributed by atoms with Gasteiger partial charge in [-0.25, -0.2) is 0 Å². The molecule has 0 amide bonds. The minimum absolute atomic E-state index is 0.00182. The van der Waals surface area contributed by atoms with Gasteiger partial charge in [-0.1, -0.05) is 18.2 Å². The van der Waals surface area contributed by atoms with E-state index in [1.165, 1.54) is 32.4 Å². The number of benzene rings is 1. The van der Waals surface area contributed by atoms with Gasteiger partial charge in [0.15, 0.2) is 28.8 Å². The predicted molar refractivity (Wildman–Crippen MR) is 91.8 cm³/mol. The molecule has 0 spiro atoms.